The van der Waals surface area contributed by atoms with Crippen LogP contribution in [0.3, 0.4) is 0 Å². The predicted octanol–water partition coefficient (Wildman–Crippen LogP) is 2.39. The molecule has 0 atom stereocenters. The van der Waals surface area contributed by atoms with Crippen LogP contribution in [0, 0.1) is 5.41 Å². The molecule has 0 radical (unpaired) electrons. The molecule has 6 rings (SSSR count). The van der Waals surface area contributed by atoms with Gasteiger partial charge in [0.2, 0.25) is 0 Å². The third-order valence-corrected chi connectivity index (χ3v) is 8.08. The first-order chi connectivity index (χ1) is 14.7. The number of likely N-dealkylation sites (tertiary alicyclic amines) is 1. The van der Waals surface area contributed by atoms with Crippen molar-refractivity contribution in [2.75, 3.05) is 19.6 Å². The lowest BCUT2D eigenvalue weighted by molar-refractivity contribution is 0.0430. The van der Waals surface area contributed by atoms with Gasteiger partial charge in [0, 0.05) is 57.5 Å². The molecule has 6 nitrogen and oxygen atoms in total. The lowest BCUT2D eigenvalue weighted by Gasteiger charge is -2.45. The van der Waals surface area contributed by atoms with Gasteiger partial charge in [-0.3, -0.25) is 19.2 Å². The zero-order chi connectivity index (χ0) is 20.1. The van der Waals surface area contributed by atoms with Gasteiger partial charge in [0.25, 0.3) is 5.56 Å². The summed E-state index contributed by atoms with van der Waals surface area (Å²) in [6, 6.07) is 4.92. The number of piperidine rings is 1. The van der Waals surface area contributed by atoms with Crippen LogP contribution in [0.2, 0.25) is 0 Å². The molecule has 158 valence electrons. The Hall–Kier alpha value is -2.05. The summed E-state index contributed by atoms with van der Waals surface area (Å²) in [6.07, 6.45) is 12.2. The highest BCUT2D eigenvalue weighted by Crippen LogP contribution is 2.42. The molecule has 4 aliphatic rings. The van der Waals surface area contributed by atoms with E-state index in [2.05, 4.69) is 20.9 Å². The van der Waals surface area contributed by atoms with E-state index in [0.29, 0.717) is 6.54 Å². The van der Waals surface area contributed by atoms with Gasteiger partial charge < -0.3 is 4.90 Å². The van der Waals surface area contributed by atoms with E-state index in [4.69, 9.17) is 4.98 Å². The summed E-state index contributed by atoms with van der Waals surface area (Å²) < 4.78 is 2.03. The quantitative estimate of drug-likeness (QED) is 0.785. The van der Waals surface area contributed by atoms with Crippen LogP contribution in [0.15, 0.2) is 29.3 Å². The second-order valence-corrected chi connectivity index (χ2v) is 9.96. The van der Waals surface area contributed by atoms with Crippen molar-refractivity contribution in [3.05, 3.63) is 57.5 Å². The lowest BCUT2D eigenvalue weighted by atomic mass is 9.76. The van der Waals surface area contributed by atoms with Gasteiger partial charge in [-0.25, -0.2) is 4.98 Å². The van der Waals surface area contributed by atoms with Crippen molar-refractivity contribution in [2.24, 2.45) is 5.41 Å². The van der Waals surface area contributed by atoms with Crippen LogP contribution in [0.5, 0.6) is 0 Å². The van der Waals surface area contributed by atoms with Crippen molar-refractivity contribution in [2.45, 2.75) is 70.6 Å². The van der Waals surface area contributed by atoms with E-state index in [1.807, 2.05) is 16.8 Å². The topological polar surface area (TPSA) is 54.3 Å². The van der Waals surface area contributed by atoms with E-state index in [-0.39, 0.29) is 11.0 Å². The molecule has 0 unspecified atom stereocenters. The van der Waals surface area contributed by atoms with Crippen molar-refractivity contribution in [3.8, 4) is 0 Å². The van der Waals surface area contributed by atoms with Crippen LogP contribution in [-0.2, 0) is 32.5 Å². The maximum Gasteiger partial charge on any atom is 0.258 e. The van der Waals surface area contributed by atoms with Crippen molar-refractivity contribution in [1.29, 1.82) is 0 Å². The van der Waals surface area contributed by atoms with E-state index in [0.717, 1.165) is 55.6 Å². The second kappa shape index (κ2) is 7.27. The summed E-state index contributed by atoms with van der Waals surface area (Å²) in [5.41, 5.74) is 3.67. The van der Waals surface area contributed by atoms with Crippen molar-refractivity contribution in [1.82, 2.24) is 24.3 Å². The van der Waals surface area contributed by atoms with Crippen molar-refractivity contribution < 1.29 is 0 Å². The van der Waals surface area contributed by atoms with Gasteiger partial charge in [-0.1, -0.05) is 12.5 Å². The number of rotatable bonds is 3. The molecule has 1 aliphatic carbocycles. The van der Waals surface area contributed by atoms with Crippen LogP contribution in [-0.4, -0.2) is 50.0 Å². The molecule has 1 saturated carbocycles. The van der Waals surface area contributed by atoms with Crippen LogP contribution < -0.4 is 5.56 Å². The van der Waals surface area contributed by atoms with Crippen molar-refractivity contribution in [3.63, 3.8) is 0 Å². The number of fused-ring (bicyclic) bond motifs is 2. The van der Waals surface area contributed by atoms with Gasteiger partial charge in [-0.15, -0.1) is 0 Å². The fourth-order valence-electron chi connectivity index (χ4n) is 5.98. The molecular formula is C24H31N5O. The monoisotopic (exact) mass is 405 g/mol. The Bertz CT molecular complexity index is 989. The molecule has 1 saturated heterocycles. The SMILES string of the molecule is O=c1c2c(nc3n1CC1(CCN(C4CCC4)CC1)C3)CCN(Cc1cccnc1)C2. The van der Waals surface area contributed by atoms with E-state index >= 15 is 0 Å². The Morgan fingerprint density at radius 1 is 1.17 bits per heavy atom. The minimum atomic E-state index is 0.226. The van der Waals surface area contributed by atoms with Gasteiger partial charge in [0.1, 0.15) is 5.82 Å². The standard InChI is InChI=1S/C24H31N5O/c30-23-20-16-27(15-18-3-2-9-25-14-18)10-6-21(20)26-22-13-24(17-29(22)23)7-11-28(12-8-24)19-4-1-5-19/h2-3,9,14,19H,1,4-8,10-13,15-17H2. The van der Waals surface area contributed by atoms with Gasteiger partial charge in [-0.05, 0) is 55.8 Å². The molecule has 30 heavy (non-hydrogen) atoms. The van der Waals surface area contributed by atoms with E-state index in [1.54, 1.807) is 6.20 Å². The molecule has 6 heteroatoms. The first-order valence-corrected chi connectivity index (χ1v) is 11.7. The minimum Gasteiger partial charge on any atom is -0.300 e. The molecule has 2 aromatic rings. The Balaban J connectivity index is 1.19. The Morgan fingerprint density at radius 3 is 2.77 bits per heavy atom. The largest absolute Gasteiger partial charge is 0.300 e. The highest BCUT2D eigenvalue weighted by atomic mass is 16.1. The molecule has 0 bridgehead atoms. The zero-order valence-corrected chi connectivity index (χ0v) is 17.7. The zero-order valence-electron chi connectivity index (χ0n) is 17.7. The average Bonchev–Trinajstić information content (AvgIpc) is 3.08. The van der Waals surface area contributed by atoms with Gasteiger partial charge in [0.05, 0.1) is 11.3 Å². The first-order valence-electron chi connectivity index (χ1n) is 11.7. The van der Waals surface area contributed by atoms with E-state index < -0.39 is 0 Å². The van der Waals surface area contributed by atoms with Gasteiger partial charge in [0.15, 0.2) is 0 Å². The smallest absolute Gasteiger partial charge is 0.258 e. The number of aromatic nitrogens is 3. The Morgan fingerprint density at radius 2 is 2.03 bits per heavy atom. The molecule has 1 spiro atoms. The first kappa shape index (κ1) is 18.7. The van der Waals surface area contributed by atoms with Crippen molar-refractivity contribution >= 4 is 0 Å². The molecule has 2 aromatic heterocycles. The normalized spacial score (nSPS) is 23.9. The molecule has 5 heterocycles. The maximum absolute atomic E-state index is 13.4. The number of pyridine rings is 1. The highest BCUT2D eigenvalue weighted by Gasteiger charge is 2.43. The molecule has 0 aromatic carbocycles. The summed E-state index contributed by atoms with van der Waals surface area (Å²) in [5.74, 6) is 1.05. The number of hydrogen-bond donors (Lipinski definition) is 0. The molecule has 2 fully saturated rings. The van der Waals surface area contributed by atoms with Crippen LogP contribution in [0.1, 0.15) is 54.7 Å². The van der Waals surface area contributed by atoms with E-state index in [1.165, 1.54) is 50.8 Å². The van der Waals surface area contributed by atoms with Crippen LogP contribution >= 0.6 is 0 Å². The Kier molecular flexibility index (Phi) is 4.53. The van der Waals surface area contributed by atoms with Gasteiger partial charge >= 0.3 is 0 Å². The average molecular weight is 406 g/mol. The Labute approximate surface area is 177 Å². The molecule has 3 aliphatic heterocycles. The fraction of sp³-hybridized carbons (Fsp3) is 0.625. The van der Waals surface area contributed by atoms with Gasteiger partial charge in [-0.2, -0.15) is 0 Å². The summed E-state index contributed by atoms with van der Waals surface area (Å²) in [5, 5.41) is 0. The van der Waals surface area contributed by atoms with Crippen LogP contribution in [0.4, 0.5) is 0 Å². The number of hydrogen-bond acceptors (Lipinski definition) is 5. The maximum atomic E-state index is 13.4. The van der Waals surface area contributed by atoms with Crippen LogP contribution in [0.25, 0.3) is 0 Å². The number of nitrogens with zero attached hydrogens (tertiary/aromatic N) is 5. The lowest BCUT2D eigenvalue weighted by Crippen LogP contribution is -2.48. The highest BCUT2D eigenvalue weighted by molar-refractivity contribution is 5.24. The van der Waals surface area contributed by atoms with E-state index in [9.17, 15) is 4.79 Å². The summed E-state index contributed by atoms with van der Waals surface area (Å²) in [7, 11) is 0. The summed E-state index contributed by atoms with van der Waals surface area (Å²) in [6.45, 7) is 5.79. The minimum absolute atomic E-state index is 0.226. The third kappa shape index (κ3) is 3.21. The summed E-state index contributed by atoms with van der Waals surface area (Å²) >= 11 is 0. The predicted molar refractivity (Wildman–Crippen MR) is 115 cm³/mol. The molecular weight excluding hydrogens is 374 g/mol. The third-order valence-electron chi connectivity index (χ3n) is 8.08. The second-order valence-electron chi connectivity index (χ2n) is 9.96. The summed E-state index contributed by atoms with van der Waals surface area (Å²) in [4.78, 5) is 27.8. The fourth-order valence-corrected chi connectivity index (χ4v) is 5.98. The molecule has 0 N–H and O–H groups in total. The molecule has 0 amide bonds.